The van der Waals surface area contributed by atoms with Crippen LogP contribution in [0.25, 0.3) is 10.2 Å². The Hall–Kier alpha value is -1.87. The van der Waals surface area contributed by atoms with Gasteiger partial charge in [0.05, 0.1) is 22.3 Å². The van der Waals surface area contributed by atoms with E-state index in [-0.39, 0.29) is 0 Å². The van der Waals surface area contributed by atoms with Crippen LogP contribution in [-0.2, 0) is 6.42 Å². The van der Waals surface area contributed by atoms with Gasteiger partial charge in [0.25, 0.3) is 0 Å². The van der Waals surface area contributed by atoms with Crippen molar-refractivity contribution >= 4 is 21.6 Å². The summed E-state index contributed by atoms with van der Waals surface area (Å²) in [5, 5.41) is 1.14. The largest absolute Gasteiger partial charge is 0.497 e. The number of fused-ring (bicyclic) bond motifs is 1. The van der Waals surface area contributed by atoms with Gasteiger partial charge in [-0.25, -0.2) is 4.98 Å². The van der Waals surface area contributed by atoms with E-state index >= 15 is 0 Å². The van der Waals surface area contributed by atoms with Gasteiger partial charge in [-0.3, -0.25) is 0 Å². The molecule has 0 radical (unpaired) electrons. The first-order valence-corrected chi connectivity index (χ1v) is 6.64. The standard InChI is InChI=1S/C15H13NOS/c1-17-12-6-4-5-11(9-12)10-15-16-13-7-2-3-8-14(13)18-15/h2-9H,10H2,1H3. The second-order valence-corrected chi connectivity index (χ2v) is 5.22. The van der Waals surface area contributed by atoms with Crippen LogP contribution in [0.15, 0.2) is 48.5 Å². The fourth-order valence-corrected chi connectivity index (χ4v) is 2.95. The number of benzene rings is 2. The van der Waals surface area contributed by atoms with Crippen molar-refractivity contribution < 1.29 is 4.74 Å². The molecule has 0 amide bonds. The first-order chi connectivity index (χ1) is 8.85. The van der Waals surface area contributed by atoms with E-state index in [2.05, 4.69) is 35.3 Å². The van der Waals surface area contributed by atoms with E-state index in [4.69, 9.17) is 4.74 Å². The lowest BCUT2D eigenvalue weighted by Gasteiger charge is -2.02. The fraction of sp³-hybridized carbons (Fsp3) is 0.133. The number of nitrogens with zero attached hydrogens (tertiary/aromatic N) is 1. The van der Waals surface area contributed by atoms with Gasteiger partial charge in [0.15, 0.2) is 0 Å². The number of methoxy groups -OCH3 is 1. The lowest BCUT2D eigenvalue weighted by molar-refractivity contribution is 0.414. The first kappa shape index (κ1) is 11.2. The molecule has 1 aromatic heterocycles. The summed E-state index contributed by atoms with van der Waals surface area (Å²) in [5.74, 6) is 0.897. The average molecular weight is 255 g/mol. The Balaban J connectivity index is 1.91. The Labute approximate surface area is 110 Å². The van der Waals surface area contributed by atoms with Crippen molar-refractivity contribution in [3.8, 4) is 5.75 Å². The summed E-state index contributed by atoms with van der Waals surface area (Å²) < 4.78 is 6.48. The number of aromatic nitrogens is 1. The minimum Gasteiger partial charge on any atom is -0.497 e. The zero-order chi connectivity index (χ0) is 12.4. The van der Waals surface area contributed by atoms with Crippen molar-refractivity contribution in [3.63, 3.8) is 0 Å². The van der Waals surface area contributed by atoms with E-state index in [0.717, 1.165) is 22.7 Å². The van der Waals surface area contributed by atoms with Crippen LogP contribution in [0, 0.1) is 0 Å². The van der Waals surface area contributed by atoms with Crippen molar-refractivity contribution in [2.24, 2.45) is 0 Å². The Kier molecular flexibility index (Phi) is 2.99. The second kappa shape index (κ2) is 4.78. The molecule has 0 aliphatic carbocycles. The van der Waals surface area contributed by atoms with Crippen LogP contribution in [0.4, 0.5) is 0 Å². The zero-order valence-electron chi connectivity index (χ0n) is 10.1. The van der Waals surface area contributed by atoms with Gasteiger partial charge in [-0.2, -0.15) is 0 Å². The molecule has 1 heterocycles. The molecule has 0 saturated heterocycles. The molecule has 3 aromatic rings. The summed E-state index contributed by atoms with van der Waals surface area (Å²) in [6.07, 6.45) is 0.858. The average Bonchev–Trinajstić information content (AvgIpc) is 2.81. The van der Waals surface area contributed by atoms with Gasteiger partial charge in [-0.05, 0) is 29.8 Å². The van der Waals surface area contributed by atoms with Crippen LogP contribution in [0.3, 0.4) is 0 Å². The van der Waals surface area contributed by atoms with Crippen LogP contribution in [0.5, 0.6) is 5.75 Å². The molecule has 0 saturated carbocycles. The van der Waals surface area contributed by atoms with E-state index in [1.54, 1.807) is 18.4 Å². The van der Waals surface area contributed by atoms with Crippen LogP contribution < -0.4 is 4.74 Å². The highest BCUT2D eigenvalue weighted by atomic mass is 32.1. The number of hydrogen-bond donors (Lipinski definition) is 0. The number of para-hydroxylation sites is 1. The van der Waals surface area contributed by atoms with Crippen molar-refractivity contribution in [2.45, 2.75) is 6.42 Å². The number of hydrogen-bond acceptors (Lipinski definition) is 3. The summed E-state index contributed by atoms with van der Waals surface area (Å²) in [6, 6.07) is 16.4. The topological polar surface area (TPSA) is 22.1 Å². The highest BCUT2D eigenvalue weighted by molar-refractivity contribution is 7.18. The lowest BCUT2D eigenvalue weighted by Crippen LogP contribution is -1.89. The summed E-state index contributed by atoms with van der Waals surface area (Å²) in [4.78, 5) is 4.64. The molecule has 3 rings (SSSR count). The molecule has 90 valence electrons. The Morgan fingerprint density at radius 3 is 2.83 bits per heavy atom. The van der Waals surface area contributed by atoms with E-state index in [1.807, 2.05) is 18.2 Å². The molecule has 0 N–H and O–H groups in total. The van der Waals surface area contributed by atoms with Crippen molar-refractivity contribution in [2.75, 3.05) is 7.11 Å². The molecule has 0 aliphatic heterocycles. The van der Waals surface area contributed by atoms with Gasteiger partial charge in [0.2, 0.25) is 0 Å². The highest BCUT2D eigenvalue weighted by Crippen LogP contribution is 2.24. The van der Waals surface area contributed by atoms with Crippen LogP contribution in [0.2, 0.25) is 0 Å². The smallest absolute Gasteiger partial charge is 0.119 e. The zero-order valence-corrected chi connectivity index (χ0v) is 10.9. The van der Waals surface area contributed by atoms with Crippen LogP contribution in [-0.4, -0.2) is 12.1 Å². The third kappa shape index (κ3) is 2.22. The maximum absolute atomic E-state index is 5.23. The number of thiazole rings is 1. The van der Waals surface area contributed by atoms with Gasteiger partial charge in [0, 0.05) is 6.42 Å². The molecule has 0 atom stereocenters. The van der Waals surface area contributed by atoms with Gasteiger partial charge in [0.1, 0.15) is 5.75 Å². The highest BCUT2D eigenvalue weighted by Gasteiger charge is 2.04. The monoisotopic (exact) mass is 255 g/mol. The van der Waals surface area contributed by atoms with Crippen molar-refractivity contribution in [3.05, 3.63) is 59.1 Å². The molecule has 2 aromatic carbocycles. The normalized spacial score (nSPS) is 10.7. The molecular formula is C15H13NOS. The minimum atomic E-state index is 0.858. The molecule has 18 heavy (non-hydrogen) atoms. The molecular weight excluding hydrogens is 242 g/mol. The van der Waals surface area contributed by atoms with Crippen LogP contribution in [0.1, 0.15) is 10.6 Å². The molecule has 3 heteroatoms. The summed E-state index contributed by atoms with van der Waals surface area (Å²) in [5.41, 5.74) is 2.31. The van der Waals surface area contributed by atoms with E-state index < -0.39 is 0 Å². The van der Waals surface area contributed by atoms with Crippen molar-refractivity contribution in [1.82, 2.24) is 4.98 Å². The van der Waals surface area contributed by atoms with E-state index in [1.165, 1.54) is 10.3 Å². The lowest BCUT2D eigenvalue weighted by atomic mass is 10.1. The summed E-state index contributed by atoms with van der Waals surface area (Å²) in [6.45, 7) is 0. The molecule has 0 aliphatic rings. The van der Waals surface area contributed by atoms with Crippen molar-refractivity contribution in [1.29, 1.82) is 0 Å². The molecule has 0 spiro atoms. The number of rotatable bonds is 3. The second-order valence-electron chi connectivity index (χ2n) is 4.10. The van der Waals surface area contributed by atoms with E-state index in [9.17, 15) is 0 Å². The van der Waals surface area contributed by atoms with Gasteiger partial charge in [-0.15, -0.1) is 11.3 Å². The Morgan fingerprint density at radius 1 is 1.11 bits per heavy atom. The fourth-order valence-electron chi connectivity index (χ4n) is 1.95. The molecule has 0 bridgehead atoms. The first-order valence-electron chi connectivity index (χ1n) is 5.82. The Bertz CT molecular complexity index is 642. The maximum Gasteiger partial charge on any atom is 0.119 e. The van der Waals surface area contributed by atoms with E-state index in [0.29, 0.717) is 0 Å². The molecule has 0 unspecified atom stereocenters. The Morgan fingerprint density at radius 2 is 2.00 bits per heavy atom. The maximum atomic E-state index is 5.23. The SMILES string of the molecule is COc1cccc(Cc2nc3ccccc3s2)c1. The minimum absolute atomic E-state index is 0.858. The quantitative estimate of drug-likeness (QED) is 0.708. The number of ether oxygens (including phenoxy) is 1. The van der Waals surface area contributed by atoms with Gasteiger partial charge < -0.3 is 4.74 Å². The predicted molar refractivity (Wildman–Crippen MR) is 75.4 cm³/mol. The third-order valence-corrected chi connectivity index (χ3v) is 3.86. The third-order valence-electron chi connectivity index (χ3n) is 2.83. The summed E-state index contributed by atoms with van der Waals surface area (Å²) >= 11 is 1.75. The predicted octanol–water partition coefficient (Wildman–Crippen LogP) is 3.90. The van der Waals surface area contributed by atoms with Gasteiger partial charge in [-0.1, -0.05) is 24.3 Å². The summed E-state index contributed by atoms with van der Waals surface area (Å²) in [7, 11) is 1.69. The van der Waals surface area contributed by atoms with Gasteiger partial charge >= 0.3 is 0 Å². The molecule has 2 nitrogen and oxygen atoms in total. The van der Waals surface area contributed by atoms with Crippen LogP contribution >= 0.6 is 11.3 Å². The molecule has 0 fully saturated rings.